The molecule has 1 saturated heterocycles. The molecule has 0 aliphatic carbocycles. The summed E-state index contributed by atoms with van der Waals surface area (Å²) in [7, 11) is 3.91. The minimum absolute atomic E-state index is 0.926. The zero-order valence-corrected chi connectivity index (χ0v) is 13.5. The van der Waals surface area contributed by atoms with Crippen LogP contribution in [0.5, 0.6) is 5.75 Å². The van der Waals surface area contributed by atoms with Crippen LogP contribution >= 0.6 is 0 Å². The highest BCUT2D eigenvalue weighted by molar-refractivity contribution is 5.55. The Morgan fingerprint density at radius 2 is 1.73 bits per heavy atom. The summed E-state index contributed by atoms with van der Waals surface area (Å²) in [6.45, 7) is 4.47. The smallest absolute Gasteiger partial charge is 0.119 e. The van der Waals surface area contributed by atoms with Crippen molar-refractivity contribution < 1.29 is 4.74 Å². The average Bonchev–Trinajstić information content (AvgIpc) is 2.56. The van der Waals surface area contributed by atoms with Gasteiger partial charge < -0.3 is 14.5 Å². The van der Waals surface area contributed by atoms with E-state index >= 15 is 0 Å². The van der Waals surface area contributed by atoms with Crippen LogP contribution in [-0.2, 0) is 6.42 Å². The van der Waals surface area contributed by atoms with Gasteiger partial charge in [-0.05, 0) is 42.8 Å². The zero-order chi connectivity index (χ0) is 15.4. The number of methoxy groups -OCH3 is 1. The van der Waals surface area contributed by atoms with E-state index in [0.29, 0.717) is 0 Å². The molecule has 22 heavy (non-hydrogen) atoms. The number of para-hydroxylation sites is 1. The molecule has 116 valence electrons. The molecule has 0 bridgehead atoms. The largest absolute Gasteiger partial charge is 0.497 e. The summed E-state index contributed by atoms with van der Waals surface area (Å²) in [5.41, 5.74) is 4.06. The maximum atomic E-state index is 5.33. The van der Waals surface area contributed by atoms with Gasteiger partial charge in [-0.3, -0.25) is 0 Å². The molecule has 0 N–H and O–H groups in total. The van der Waals surface area contributed by atoms with Crippen molar-refractivity contribution in [2.75, 3.05) is 45.2 Å². The Labute approximate surface area is 133 Å². The van der Waals surface area contributed by atoms with Crippen molar-refractivity contribution in [3.63, 3.8) is 0 Å². The first kappa shape index (κ1) is 14.9. The van der Waals surface area contributed by atoms with Crippen LogP contribution in [0.25, 0.3) is 0 Å². The zero-order valence-electron chi connectivity index (χ0n) is 13.5. The summed E-state index contributed by atoms with van der Waals surface area (Å²) in [6.07, 6.45) is 0.944. The van der Waals surface area contributed by atoms with Gasteiger partial charge in [-0.15, -0.1) is 0 Å². The molecule has 1 aliphatic rings. The van der Waals surface area contributed by atoms with Crippen molar-refractivity contribution in [1.29, 1.82) is 0 Å². The summed E-state index contributed by atoms with van der Waals surface area (Å²) in [5.74, 6) is 0.926. The molecule has 0 atom stereocenters. The minimum atomic E-state index is 0.926. The first-order valence-electron chi connectivity index (χ1n) is 7.90. The molecule has 2 aromatic rings. The van der Waals surface area contributed by atoms with Crippen molar-refractivity contribution in [2.24, 2.45) is 0 Å². The maximum absolute atomic E-state index is 5.33. The Morgan fingerprint density at radius 1 is 0.955 bits per heavy atom. The molecule has 1 fully saturated rings. The number of rotatable bonds is 4. The summed E-state index contributed by atoms with van der Waals surface area (Å²) in [5, 5.41) is 0. The van der Waals surface area contributed by atoms with E-state index in [9.17, 15) is 0 Å². The van der Waals surface area contributed by atoms with E-state index in [2.05, 4.69) is 59.3 Å². The third-order valence-corrected chi connectivity index (χ3v) is 4.36. The van der Waals surface area contributed by atoms with E-state index in [-0.39, 0.29) is 0 Å². The Hall–Kier alpha value is -2.00. The average molecular weight is 296 g/mol. The van der Waals surface area contributed by atoms with Crippen molar-refractivity contribution >= 4 is 5.69 Å². The molecule has 3 heteroatoms. The van der Waals surface area contributed by atoms with E-state index in [1.807, 2.05) is 6.07 Å². The maximum Gasteiger partial charge on any atom is 0.119 e. The molecule has 1 aliphatic heterocycles. The van der Waals surface area contributed by atoms with Crippen LogP contribution in [-0.4, -0.2) is 45.2 Å². The van der Waals surface area contributed by atoms with Crippen LogP contribution in [0.4, 0.5) is 5.69 Å². The standard InChI is InChI=1S/C19H24N2O/c1-20-10-12-21(13-11-20)19-9-4-3-7-17(19)14-16-6-5-8-18(15-16)22-2/h3-9,15H,10-14H2,1-2H3. The molecule has 0 amide bonds. The molecule has 3 rings (SSSR count). The van der Waals surface area contributed by atoms with Crippen LogP contribution in [0.2, 0.25) is 0 Å². The van der Waals surface area contributed by atoms with Crippen LogP contribution in [0.15, 0.2) is 48.5 Å². The number of likely N-dealkylation sites (N-methyl/N-ethyl adjacent to an activating group) is 1. The minimum Gasteiger partial charge on any atom is -0.497 e. The third kappa shape index (κ3) is 3.42. The second kappa shape index (κ2) is 6.84. The molecule has 0 unspecified atom stereocenters. The van der Waals surface area contributed by atoms with Gasteiger partial charge in [0.1, 0.15) is 5.75 Å². The van der Waals surface area contributed by atoms with E-state index in [0.717, 1.165) is 38.3 Å². The number of piperazine rings is 1. The van der Waals surface area contributed by atoms with Gasteiger partial charge in [0, 0.05) is 31.9 Å². The fourth-order valence-corrected chi connectivity index (χ4v) is 3.02. The van der Waals surface area contributed by atoms with Crippen molar-refractivity contribution in [3.8, 4) is 5.75 Å². The van der Waals surface area contributed by atoms with Gasteiger partial charge in [0.15, 0.2) is 0 Å². The first-order valence-corrected chi connectivity index (χ1v) is 7.90. The number of hydrogen-bond donors (Lipinski definition) is 0. The highest BCUT2D eigenvalue weighted by Gasteiger charge is 2.16. The molecule has 0 saturated carbocycles. The van der Waals surface area contributed by atoms with Gasteiger partial charge in [0.25, 0.3) is 0 Å². The molecular weight excluding hydrogens is 272 g/mol. The summed E-state index contributed by atoms with van der Waals surface area (Å²) in [4.78, 5) is 4.90. The van der Waals surface area contributed by atoms with E-state index < -0.39 is 0 Å². The molecule has 0 radical (unpaired) electrons. The van der Waals surface area contributed by atoms with Crippen LogP contribution in [0, 0.1) is 0 Å². The number of anilines is 1. The lowest BCUT2D eigenvalue weighted by molar-refractivity contribution is 0.312. The van der Waals surface area contributed by atoms with Crippen molar-refractivity contribution in [2.45, 2.75) is 6.42 Å². The second-order valence-electron chi connectivity index (χ2n) is 5.95. The van der Waals surface area contributed by atoms with Crippen molar-refractivity contribution in [1.82, 2.24) is 4.90 Å². The highest BCUT2D eigenvalue weighted by Crippen LogP contribution is 2.25. The second-order valence-corrected chi connectivity index (χ2v) is 5.95. The molecule has 0 spiro atoms. The Balaban J connectivity index is 1.81. The normalized spacial score (nSPS) is 15.8. The topological polar surface area (TPSA) is 15.7 Å². The van der Waals surface area contributed by atoms with Gasteiger partial charge in [0.2, 0.25) is 0 Å². The van der Waals surface area contributed by atoms with Crippen LogP contribution < -0.4 is 9.64 Å². The molecule has 3 nitrogen and oxygen atoms in total. The fraction of sp³-hybridized carbons (Fsp3) is 0.368. The van der Waals surface area contributed by atoms with E-state index in [1.165, 1.54) is 16.8 Å². The summed E-state index contributed by atoms with van der Waals surface area (Å²) in [6, 6.07) is 17.1. The SMILES string of the molecule is COc1cccc(Cc2ccccc2N2CCN(C)CC2)c1. The van der Waals surface area contributed by atoms with Crippen LogP contribution in [0.3, 0.4) is 0 Å². The lowest BCUT2D eigenvalue weighted by atomic mass is 10.0. The molecule has 0 aromatic heterocycles. The number of nitrogens with zero attached hydrogens (tertiary/aromatic N) is 2. The predicted octanol–water partition coefficient (Wildman–Crippen LogP) is 3.04. The van der Waals surface area contributed by atoms with Gasteiger partial charge in [-0.2, -0.15) is 0 Å². The Bertz CT molecular complexity index is 618. The van der Waals surface area contributed by atoms with Gasteiger partial charge in [-0.1, -0.05) is 30.3 Å². The lowest BCUT2D eigenvalue weighted by Gasteiger charge is -2.35. The molecule has 2 aromatic carbocycles. The molecule has 1 heterocycles. The number of hydrogen-bond acceptors (Lipinski definition) is 3. The number of benzene rings is 2. The van der Waals surface area contributed by atoms with Gasteiger partial charge >= 0.3 is 0 Å². The lowest BCUT2D eigenvalue weighted by Crippen LogP contribution is -2.44. The molecular formula is C19H24N2O. The third-order valence-electron chi connectivity index (χ3n) is 4.36. The monoisotopic (exact) mass is 296 g/mol. The number of ether oxygens (including phenoxy) is 1. The van der Waals surface area contributed by atoms with E-state index in [1.54, 1.807) is 7.11 Å². The Kier molecular flexibility index (Phi) is 4.64. The quantitative estimate of drug-likeness (QED) is 0.862. The van der Waals surface area contributed by atoms with Gasteiger partial charge in [-0.25, -0.2) is 0 Å². The summed E-state index contributed by atoms with van der Waals surface area (Å²) >= 11 is 0. The predicted molar refractivity (Wildman–Crippen MR) is 92.0 cm³/mol. The first-order chi connectivity index (χ1) is 10.8. The van der Waals surface area contributed by atoms with Gasteiger partial charge in [0.05, 0.1) is 7.11 Å². The highest BCUT2D eigenvalue weighted by atomic mass is 16.5. The fourth-order valence-electron chi connectivity index (χ4n) is 3.02. The van der Waals surface area contributed by atoms with Crippen molar-refractivity contribution in [3.05, 3.63) is 59.7 Å². The van der Waals surface area contributed by atoms with E-state index in [4.69, 9.17) is 4.74 Å². The Morgan fingerprint density at radius 3 is 2.50 bits per heavy atom. The summed E-state index contributed by atoms with van der Waals surface area (Å²) < 4.78 is 5.33. The van der Waals surface area contributed by atoms with Crippen LogP contribution in [0.1, 0.15) is 11.1 Å².